The molecule has 2 heteroatoms. The normalized spacial score (nSPS) is 10.9. The molecule has 0 aliphatic carbocycles. The molecule has 0 aromatic heterocycles. The van der Waals surface area contributed by atoms with E-state index in [1.165, 1.54) is 13.0 Å². The first kappa shape index (κ1) is 10.9. The van der Waals surface area contributed by atoms with Crippen molar-refractivity contribution in [1.29, 1.82) is 0 Å². The number of hydrogen-bond acceptors (Lipinski definition) is 2. The molecule has 1 N–H and O–H groups in total. The zero-order chi connectivity index (χ0) is 8.53. The van der Waals surface area contributed by atoms with Crippen LogP contribution in [-0.2, 0) is 0 Å². The van der Waals surface area contributed by atoms with Crippen molar-refractivity contribution < 1.29 is 5.11 Å². The van der Waals surface area contributed by atoms with E-state index in [9.17, 15) is 0 Å². The summed E-state index contributed by atoms with van der Waals surface area (Å²) in [5, 5.41) is 8.56. The van der Waals surface area contributed by atoms with Gasteiger partial charge in [-0.2, -0.15) is 0 Å². The molecule has 11 heavy (non-hydrogen) atoms. The Morgan fingerprint density at radius 2 is 1.82 bits per heavy atom. The van der Waals surface area contributed by atoms with Gasteiger partial charge in [-0.25, -0.2) is 0 Å². The monoisotopic (exact) mass is 159 g/mol. The topological polar surface area (TPSA) is 23.5 Å². The van der Waals surface area contributed by atoms with Gasteiger partial charge in [-0.15, -0.1) is 0 Å². The molecular formula is C9H21NO. The van der Waals surface area contributed by atoms with Gasteiger partial charge in [0.1, 0.15) is 0 Å². The molecular weight excluding hydrogens is 138 g/mol. The minimum absolute atomic E-state index is 0.337. The van der Waals surface area contributed by atoms with Gasteiger partial charge in [0.25, 0.3) is 0 Å². The highest BCUT2D eigenvalue weighted by Crippen LogP contribution is 1.95. The quantitative estimate of drug-likeness (QED) is 0.569. The lowest BCUT2D eigenvalue weighted by Gasteiger charge is -2.18. The van der Waals surface area contributed by atoms with Crippen LogP contribution in [0.4, 0.5) is 0 Å². The third kappa shape index (κ3) is 6.32. The Labute approximate surface area is 70.2 Å². The van der Waals surface area contributed by atoms with Crippen LogP contribution < -0.4 is 0 Å². The van der Waals surface area contributed by atoms with Crippen LogP contribution in [0, 0.1) is 0 Å². The molecule has 0 aromatic carbocycles. The first-order chi connectivity index (χ1) is 5.35. The highest BCUT2D eigenvalue weighted by Gasteiger charge is 1.98. The van der Waals surface area contributed by atoms with Gasteiger partial charge in [0, 0.05) is 6.61 Å². The maximum Gasteiger partial charge on any atom is 0.0431 e. The Morgan fingerprint density at radius 1 is 1.09 bits per heavy atom. The average Bonchev–Trinajstić information content (AvgIpc) is 2.03. The third-order valence-electron chi connectivity index (χ3n) is 1.87. The van der Waals surface area contributed by atoms with Crippen LogP contribution in [0.2, 0.25) is 0 Å². The fourth-order valence-electron chi connectivity index (χ4n) is 1.19. The van der Waals surface area contributed by atoms with Crippen molar-refractivity contribution in [2.45, 2.75) is 33.1 Å². The summed E-state index contributed by atoms with van der Waals surface area (Å²) in [5.74, 6) is 0. The molecule has 0 amide bonds. The number of rotatable bonds is 7. The fraction of sp³-hybridized carbons (Fsp3) is 1.00. The van der Waals surface area contributed by atoms with E-state index in [4.69, 9.17) is 5.11 Å². The van der Waals surface area contributed by atoms with Crippen molar-refractivity contribution in [1.82, 2.24) is 4.90 Å². The fourth-order valence-corrected chi connectivity index (χ4v) is 1.19. The van der Waals surface area contributed by atoms with Crippen molar-refractivity contribution in [2.75, 3.05) is 26.2 Å². The lowest BCUT2D eigenvalue weighted by Crippen LogP contribution is -2.25. The highest BCUT2D eigenvalue weighted by atomic mass is 16.2. The lowest BCUT2D eigenvalue weighted by molar-refractivity contribution is 0.248. The van der Waals surface area contributed by atoms with Crippen molar-refractivity contribution >= 4 is 0 Å². The van der Waals surface area contributed by atoms with Crippen LogP contribution in [0.25, 0.3) is 0 Å². The molecule has 0 heterocycles. The number of aliphatic hydroxyl groups excluding tert-OH is 1. The van der Waals surface area contributed by atoms with Gasteiger partial charge in [-0.1, -0.05) is 13.8 Å². The van der Waals surface area contributed by atoms with Crippen LogP contribution in [0.15, 0.2) is 0 Å². The maximum atomic E-state index is 8.56. The van der Waals surface area contributed by atoms with Gasteiger partial charge >= 0.3 is 0 Å². The number of hydrogen-bond donors (Lipinski definition) is 1. The van der Waals surface area contributed by atoms with Crippen LogP contribution in [-0.4, -0.2) is 36.2 Å². The lowest BCUT2D eigenvalue weighted by atomic mass is 10.3. The van der Waals surface area contributed by atoms with Crippen molar-refractivity contribution in [3.05, 3.63) is 0 Å². The van der Waals surface area contributed by atoms with E-state index in [1.807, 2.05) is 0 Å². The summed E-state index contributed by atoms with van der Waals surface area (Å²) < 4.78 is 0. The van der Waals surface area contributed by atoms with Gasteiger partial charge in [-0.3, -0.25) is 0 Å². The summed E-state index contributed by atoms with van der Waals surface area (Å²) in [5.41, 5.74) is 0. The van der Waals surface area contributed by atoms with E-state index in [-0.39, 0.29) is 0 Å². The van der Waals surface area contributed by atoms with Gasteiger partial charge < -0.3 is 10.0 Å². The van der Waals surface area contributed by atoms with E-state index in [0.29, 0.717) is 6.61 Å². The molecule has 0 radical (unpaired) electrons. The molecule has 0 bridgehead atoms. The molecule has 0 fully saturated rings. The van der Waals surface area contributed by atoms with Crippen LogP contribution in [0.3, 0.4) is 0 Å². The molecule has 0 atom stereocenters. The van der Waals surface area contributed by atoms with E-state index >= 15 is 0 Å². The zero-order valence-corrected chi connectivity index (χ0v) is 7.84. The summed E-state index contributed by atoms with van der Waals surface area (Å²) in [4.78, 5) is 2.43. The van der Waals surface area contributed by atoms with Gasteiger partial charge in [-0.05, 0) is 38.9 Å². The van der Waals surface area contributed by atoms with Crippen LogP contribution in [0.1, 0.15) is 33.1 Å². The molecule has 0 aliphatic rings. The number of unbranched alkanes of at least 4 members (excludes halogenated alkanes) is 1. The van der Waals surface area contributed by atoms with Crippen molar-refractivity contribution in [2.24, 2.45) is 0 Å². The largest absolute Gasteiger partial charge is 0.396 e. The summed E-state index contributed by atoms with van der Waals surface area (Å²) in [7, 11) is 0. The van der Waals surface area contributed by atoms with Crippen LogP contribution in [0.5, 0.6) is 0 Å². The summed E-state index contributed by atoms with van der Waals surface area (Å²) in [6, 6.07) is 0. The highest BCUT2D eigenvalue weighted by molar-refractivity contribution is 4.53. The SMILES string of the molecule is CCCN(CC)CCCCO. The Kier molecular flexibility index (Phi) is 7.96. The molecule has 2 nitrogen and oxygen atoms in total. The third-order valence-corrected chi connectivity index (χ3v) is 1.87. The Morgan fingerprint density at radius 3 is 2.27 bits per heavy atom. The average molecular weight is 159 g/mol. The molecule has 0 aromatic rings. The van der Waals surface area contributed by atoms with Gasteiger partial charge in [0.15, 0.2) is 0 Å². The Hall–Kier alpha value is -0.0800. The predicted molar refractivity (Wildman–Crippen MR) is 48.7 cm³/mol. The smallest absolute Gasteiger partial charge is 0.0431 e. The molecule has 0 saturated heterocycles. The van der Waals surface area contributed by atoms with Gasteiger partial charge in [0.2, 0.25) is 0 Å². The van der Waals surface area contributed by atoms with E-state index < -0.39 is 0 Å². The zero-order valence-electron chi connectivity index (χ0n) is 7.84. The summed E-state index contributed by atoms with van der Waals surface area (Å²) in [6.07, 6.45) is 3.30. The molecule has 0 spiro atoms. The molecule has 0 unspecified atom stereocenters. The minimum atomic E-state index is 0.337. The molecule has 0 aliphatic heterocycles. The van der Waals surface area contributed by atoms with Gasteiger partial charge in [0.05, 0.1) is 0 Å². The van der Waals surface area contributed by atoms with E-state index in [0.717, 1.165) is 25.9 Å². The number of aliphatic hydroxyl groups is 1. The second kappa shape index (κ2) is 8.02. The van der Waals surface area contributed by atoms with Crippen molar-refractivity contribution in [3.63, 3.8) is 0 Å². The standard InChI is InChI=1S/C9H21NO/c1-3-7-10(4-2)8-5-6-9-11/h11H,3-9H2,1-2H3. The molecule has 0 rings (SSSR count). The Balaban J connectivity index is 3.20. The van der Waals surface area contributed by atoms with Crippen LogP contribution >= 0.6 is 0 Å². The molecule has 0 saturated carbocycles. The van der Waals surface area contributed by atoms with E-state index in [2.05, 4.69) is 18.7 Å². The first-order valence-electron chi connectivity index (χ1n) is 4.68. The van der Waals surface area contributed by atoms with Crippen molar-refractivity contribution in [3.8, 4) is 0 Å². The predicted octanol–water partition coefficient (Wildman–Crippen LogP) is 1.49. The minimum Gasteiger partial charge on any atom is -0.396 e. The second-order valence-corrected chi connectivity index (χ2v) is 2.86. The second-order valence-electron chi connectivity index (χ2n) is 2.86. The van der Waals surface area contributed by atoms with E-state index in [1.54, 1.807) is 0 Å². The number of nitrogens with zero attached hydrogens (tertiary/aromatic N) is 1. The molecule has 68 valence electrons. The first-order valence-corrected chi connectivity index (χ1v) is 4.68. The summed E-state index contributed by atoms with van der Waals surface area (Å²) >= 11 is 0. The Bertz CT molecular complexity index is 76.0. The summed E-state index contributed by atoms with van der Waals surface area (Å²) in [6.45, 7) is 8.21. The maximum absolute atomic E-state index is 8.56.